The van der Waals surface area contributed by atoms with Crippen molar-refractivity contribution in [1.29, 1.82) is 5.26 Å². The number of hydrogen-bond acceptors (Lipinski definition) is 6. The van der Waals surface area contributed by atoms with Gasteiger partial charge in [0.1, 0.15) is 5.75 Å². The molecule has 0 amide bonds. The number of benzene rings is 1. The molecule has 0 atom stereocenters. The van der Waals surface area contributed by atoms with Crippen molar-refractivity contribution < 1.29 is 14.3 Å². The van der Waals surface area contributed by atoms with E-state index in [4.69, 9.17) is 15.7 Å². The number of pyridine rings is 1. The summed E-state index contributed by atoms with van der Waals surface area (Å²) in [5.74, 6) is -0.0890. The fourth-order valence-corrected chi connectivity index (χ4v) is 1.49. The number of aromatic nitrogens is 1. The quantitative estimate of drug-likeness (QED) is 0.857. The van der Waals surface area contributed by atoms with E-state index in [1.807, 2.05) is 6.07 Å². The first-order valence-corrected chi connectivity index (χ1v) is 5.67. The molecule has 0 aliphatic rings. The van der Waals surface area contributed by atoms with Crippen LogP contribution in [0.3, 0.4) is 0 Å². The number of anilines is 1. The molecular formula is C14H11N3O3. The van der Waals surface area contributed by atoms with Crippen LogP contribution in [0.1, 0.15) is 16.1 Å². The third-order valence-corrected chi connectivity index (χ3v) is 2.46. The molecule has 0 fully saturated rings. The number of carbonyl (C=O) groups is 1. The SMILES string of the molecule is COC(=O)c1ccc(N)c(Oc2cccc(C#N)c2)n1. The molecule has 6 nitrogen and oxygen atoms in total. The number of hydrogen-bond donors (Lipinski definition) is 1. The fraction of sp³-hybridized carbons (Fsp3) is 0.0714. The summed E-state index contributed by atoms with van der Waals surface area (Å²) in [6.07, 6.45) is 0. The Labute approximate surface area is 115 Å². The fourth-order valence-electron chi connectivity index (χ4n) is 1.49. The van der Waals surface area contributed by atoms with E-state index in [-0.39, 0.29) is 17.3 Å². The molecule has 6 heteroatoms. The second-order valence-electron chi connectivity index (χ2n) is 3.82. The Morgan fingerprint density at radius 3 is 2.85 bits per heavy atom. The summed E-state index contributed by atoms with van der Waals surface area (Å²) in [4.78, 5) is 15.4. The predicted octanol–water partition coefficient (Wildman–Crippen LogP) is 2.11. The maximum atomic E-state index is 11.4. The molecule has 1 aromatic carbocycles. The molecule has 0 aliphatic heterocycles. The average molecular weight is 269 g/mol. The van der Waals surface area contributed by atoms with Gasteiger partial charge in [-0.15, -0.1) is 0 Å². The number of nitrogens with two attached hydrogens (primary N) is 1. The summed E-state index contributed by atoms with van der Waals surface area (Å²) < 4.78 is 10.1. The van der Waals surface area contributed by atoms with Gasteiger partial charge < -0.3 is 15.2 Å². The summed E-state index contributed by atoms with van der Waals surface area (Å²) in [6, 6.07) is 11.5. The lowest BCUT2D eigenvalue weighted by Crippen LogP contribution is -2.06. The third-order valence-electron chi connectivity index (χ3n) is 2.46. The minimum absolute atomic E-state index is 0.0861. The lowest BCUT2D eigenvalue weighted by atomic mass is 10.2. The molecule has 0 saturated heterocycles. The average Bonchev–Trinajstić information content (AvgIpc) is 2.49. The molecule has 0 saturated carbocycles. The molecule has 0 radical (unpaired) electrons. The van der Waals surface area contributed by atoms with Gasteiger partial charge in [0, 0.05) is 0 Å². The Bertz CT molecular complexity index is 692. The first kappa shape index (κ1) is 13.4. The van der Waals surface area contributed by atoms with E-state index in [0.717, 1.165) is 0 Å². The van der Waals surface area contributed by atoms with Crippen LogP contribution in [0, 0.1) is 11.3 Å². The van der Waals surface area contributed by atoms with E-state index < -0.39 is 5.97 Å². The van der Waals surface area contributed by atoms with Crippen LogP contribution in [0.4, 0.5) is 5.69 Å². The topological polar surface area (TPSA) is 98.2 Å². The van der Waals surface area contributed by atoms with Gasteiger partial charge in [0.15, 0.2) is 5.69 Å². The smallest absolute Gasteiger partial charge is 0.356 e. The maximum absolute atomic E-state index is 11.4. The Hall–Kier alpha value is -3.07. The molecule has 0 spiro atoms. The van der Waals surface area contributed by atoms with Crippen LogP contribution < -0.4 is 10.5 Å². The van der Waals surface area contributed by atoms with Crippen molar-refractivity contribution >= 4 is 11.7 Å². The van der Waals surface area contributed by atoms with Gasteiger partial charge in [0.25, 0.3) is 0 Å². The minimum Gasteiger partial charge on any atom is -0.464 e. The standard InChI is InChI=1S/C14H11N3O3/c1-19-14(18)12-6-5-11(16)13(17-12)20-10-4-2-3-9(7-10)8-15/h2-7H,16H2,1H3. The van der Waals surface area contributed by atoms with Crippen LogP contribution in [-0.4, -0.2) is 18.1 Å². The Kier molecular flexibility index (Phi) is 3.82. The first-order valence-electron chi connectivity index (χ1n) is 5.67. The lowest BCUT2D eigenvalue weighted by molar-refractivity contribution is 0.0593. The van der Waals surface area contributed by atoms with Gasteiger partial charge in [-0.25, -0.2) is 9.78 Å². The number of nitrogens with zero attached hydrogens (tertiary/aromatic N) is 2. The summed E-state index contributed by atoms with van der Waals surface area (Å²) in [7, 11) is 1.26. The number of carbonyl (C=O) groups excluding carboxylic acids is 1. The second-order valence-corrected chi connectivity index (χ2v) is 3.82. The van der Waals surface area contributed by atoms with Crippen molar-refractivity contribution in [3.8, 4) is 17.7 Å². The van der Waals surface area contributed by atoms with Crippen LogP contribution in [-0.2, 0) is 4.74 Å². The normalized spacial score (nSPS) is 9.60. The third kappa shape index (κ3) is 2.84. The van der Waals surface area contributed by atoms with E-state index in [1.54, 1.807) is 24.3 Å². The molecule has 2 aromatic rings. The highest BCUT2D eigenvalue weighted by Gasteiger charge is 2.12. The van der Waals surface area contributed by atoms with Crippen molar-refractivity contribution in [3.05, 3.63) is 47.7 Å². The zero-order valence-corrected chi connectivity index (χ0v) is 10.7. The molecule has 100 valence electrons. The number of esters is 1. The van der Waals surface area contributed by atoms with E-state index in [9.17, 15) is 4.79 Å². The number of methoxy groups -OCH3 is 1. The highest BCUT2D eigenvalue weighted by Crippen LogP contribution is 2.26. The summed E-state index contributed by atoms with van der Waals surface area (Å²) >= 11 is 0. The summed E-state index contributed by atoms with van der Waals surface area (Å²) in [5, 5.41) is 8.82. The van der Waals surface area contributed by atoms with Crippen LogP contribution in [0.5, 0.6) is 11.6 Å². The number of rotatable bonds is 3. The monoisotopic (exact) mass is 269 g/mol. The largest absolute Gasteiger partial charge is 0.464 e. The van der Waals surface area contributed by atoms with E-state index in [1.165, 1.54) is 19.2 Å². The van der Waals surface area contributed by atoms with Gasteiger partial charge in [0.05, 0.1) is 24.4 Å². The van der Waals surface area contributed by atoms with Crippen LogP contribution >= 0.6 is 0 Å². The van der Waals surface area contributed by atoms with Crippen LogP contribution in [0.15, 0.2) is 36.4 Å². The molecule has 0 aliphatic carbocycles. The molecule has 1 heterocycles. The molecule has 20 heavy (non-hydrogen) atoms. The Balaban J connectivity index is 2.33. The maximum Gasteiger partial charge on any atom is 0.356 e. The number of nitrogen functional groups attached to an aromatic ring is 1. The van der Waals surface area contributed by atoms with Crippen LogP contribution in [0.2, 0.25) is 0 Å². The van der Waals surface area contributed by atoms with Gasteiger partial charge in [-0.2, -0.15) is 5.26 Å². The van der Waals surface area contributed by atoms with Crippen LogP contribution in [0.25, 0.3) is 0 Å². The predicted molar refractivity (Wildman–Crippen MR) is 71.2 cm³/mol. The van der Waals surface area contributed by atoms with Crippen molar-refractivity contribution in [2.45, 2.75) is 0 Å². The molecule has 1 aromatic heterocycles. The first-order chi connectivity index (χ1) is 9.63. The molecule has 2 rings (SSSR count). The Morgan fingerprint density at radius 2 is 2.15 bits per heavy atom. The second kappa shape index (κ2) is 5.71. The highest BCUT2D eigenvalue weighted by molar-refractivity contribution is 5.87. The van der Waals surface area contributed by atoms with Crippen molar-refractivity contribution in [1.82, 2.24) is 4.98 Å². The lowest BCUT2D eigenvalue weighted by Gasteiger charge is -2.08. The zero-order valence-electron chi connectivity index (χ0n) is 10.7. The van der Waals surface area contributed by atoms with Crippen molar-refractivity contribution in [2.24, 2.45) is 0 Å². The van der Waals surface area contributed by atoms with Gasteiger partial charge in [-0.3, -0.25) is 0 Å². The highest BCUT2D eigenvalue weighted by atomic mass is 16.5. The van der Waals surface area contributed by atoms with Crippen molar-refractivity contribution in [3.63, 3.8) is 0 Å². The summed E-state index contributed by atoms with van der Waals surface area (Å²) in [6.45, 7) is 0. The number of nitriles is 1. The van der Waals surface area contributed by atoms with Gasteiger partial charge >= 0.3 is 5.97 Å². The van der Waals surface area contributed by atoms with Gasteiger partial charge in [-0.05, 0) is 30.3 Å². The molecule has 0 unspecified atom stereocenters. The molecular weight excluding hydrogens is 258 g/mol. The molecule has 0 bridgehead atoms. The van der Waals surface area contributed by atoms with E-state index in [2.05, 4.69) is 9.72 Å². The minimum atomic E-state index is -0.583. The van der Waals surface area contributed by atoms with Gasteiger partial charge in [0.2, 0.25) is 5.88 Å². The van der Waals surface area contributed by atoms with E-state index >= 15 is 0 Å². The van der Waals surface area contributed by atoms with E-state index in [0.29, 0.717) is 11.3 Å². The zero-order chi connectivity index (χ0) is 14.5. The van der Waals surface area contributed by atoms with Gasteiger partial charge in [-0.1, -0.05) is 6.07 Å². The number of ether oxygens (including phenoxy) is 2. The Morgan fingerprint density at radius 1 is 1.35 bits per heavy atom. The summed E-state index contributed by atoms with van der Waals surface area (Å²) in [5.41, 5.74) is 6.56. The molecule has 2 N–H and O–H groups in total. The van der Waals surface area contributed by atoms with Crippen molar-refractivity contribution in [2.75, 3.05) is 12.8 Å².